The van der Waals surface area contributed by atoms with Crippen molar-refractivity contribution in [2.24, 2.45) is 0 Å². The van der Waals surface area contributed by atoms with Crippen molar-refractivity contribution in [2.45, 2.75) is 26.1 Å². The maximum atomic E-state index is 11.1. The van der Waals surface area contributed by atoms with Crippen LogP contribution < -0.4 is 0 Å². The zero-order valence-electron chi connectivity index (χ0n) is 11.2. The summed E-state index contributed by atoms with van der Waals surface area (Å²) in [7, 11) is 0. The van der Waals surface area contributed by atoms with Crippen LogP contribution in [0.1, 0.15) is 18.1 Å². The van der Waals surface area contributed by atoms with Gasteiger partial charge in [-0.25, -0.2) is 0 Å². The quantitative estimate of drug-likeness (QED) is 0.736. The largest absolute Gasteiger partial charge is 0.302 e. The maximum Gasteiger partial charge on any atom is 0.136 e. The highest BCUT2D eigenvalue weighted by Gasteiger charge is 2.13. The van der Waals surface area contributed by atoms with Crippen molar-refractivity contribution < 1.29 is 4.79 Å². The number of hydrogen-bond donors (Lipinski definition) is 0. The molecular formula is C17H19NO. The molecule has 0 N–H and O–H groups in total. The molecule has 0 aliphatic heterocycles. The molecule has 98 valence electrons. The van der Waals surface area contributed by atoms with Crippen molar-refractivity contribution in [1.29, 1.82) is 0 Å². The molecule has 2 rings (SSSR count). The second kappa shape index (κ2) is 6.86. The van der Waals surface area contributed by atoms with Gasteiger partial charge in [0.25, 0.3) is 0 Å². The number of rotatable bonds is 6. The fraction of sp³-hybridized carbons (Fsp3) is 0.235. The van der Waals surface area contributed by atoms with Crippen LogP contribution >= 0.6 is 0 Å². The third-order valence-corrected chi connectivity index (χ3v) is 3.23. The van der Waals surface area contributed by atoms with Gasteiger partial charge in [-0.2, -0.15) is 0 Å². The topological polar surface area (TPSA) is 20.3 Å². The van der Waals surface area contributed by atoms with E-state index in [0.29, 0.717) is 0 Å². The second-order valence-corrected chi connectivity index (χ2v) is 4.75. The molecule has 0 saturated heterocycles. The summed E-state index contributed by atoms with van der Waals surface area (Å²) in [5.41, 5.74) is 2.46. The number of hydrogen-bond acceptors (Lipinski definition) is 2. The maximum absolute atomic E-state index is 11.1. The lowest BCUT2D eigenvalue weighted by atomic mass is 10.1. The van der Waals surface area contributed by atoms with Crippen LogP contribution in [0.25, 0.3) is 0 Å². The first kappa shape index (κ1) is 13.5. The summed E-state index contributed by atoms with van der Waals surface area (Å²) >= 11 is 0. The summed E-state index contributed by atoms with van der Waals surface area (Å²) in [5, 5.41) is 0. The molecule has 0 radical (unpaired) electrons. The Hall–Kier alpha value is -1.93. The number of carbonyl (C=O) groups excluding carboxylic acids is 1. The summed E-state index contributed by atoms with van der Waals surface area (Å²) in [5.74, 6) is 0. The Bertz CT molecular complexity index is 454. The minimum Gasteiger partial charge on any atom is -0.302 e. The standard InChI is InChI=1S/C17H19NO/c1-15(14-19)18(12-16-8-4-2-5-9-16)13-17-10-6-3-7-11-17/h2-11,14-15H,12-13H2,1H3. The Morgan fingerprint density at radius 1 is 0.895 bits per heavy atom. The minimum absolute atomic E-state index is 0.0830. The first-order valence-electron chi connectivity index (χ1n) is 6.57. The smallest absolute Gasteiger partial charge is 0.136 e. The SMILES string of the molecule is CC(C=O)N(Cc1ccccc1)Cc1ccccc1. The Balaban J connectivity index is 2.10. The number of aldehydes is 1. The molecule has 0 amide bonds. The van der Waals surface area contributed by atoms with Crippen LogP contribution in [0.4, 0.5) is 0 Å². The van der Waals surface area contributed by atoms with Gasteiger partial charge < -0.3 is 4.79 Å². The molecule has 0 spiro atoms. The van der Waals surface area contributed by atoms with E-state index in [1.807, 2.05) is 43.3 Å². The number of carbonyl (C=O) groups is 1. The Labute approximate surface area is 114 Å². The predicted molar refractivity (Wildman–Crippen MR) is 77.7 cm³/mol. The number of benzene rings is 2. The molecular weight excluding hydrogens is 234 g/mol. The lowest BCUT2D eigenvalue weighted by Crippen LogP contribution is -2.33. The van der Waals surface area contributed by atoms with E-state index in [9.17, 15) is 4.79 Å². The monoisotopic (exact) mass is 253 g/mol. The van der Waals surface area contributed by atoms with Gasteiger partial charge >= 0.3 is 0 Å². The van der Waals surface area contributed by atoms with Crippen LogP contribution in [0.5, 0.6) is 0 Å². The molecule has 2 aromatic carbocycles. The third-order valence-electron chi connectivity index (χ3n) is 3.23. The molecule has 0 aliphatic rings. The third kappa shape index (κ3) is 4.04. The highest BCUT2D eigenvalue weighted by atomic mass is 16.1. The highest BCUT2D eigenvalue weighted by Crippen LogP contribution is 2.12. The van der Waals surface area contributed by atoms with Crippen molar-refractivity contribution in [3.8, 4) is 0 Å². The average molecular weight is 253 g/mol. The Morgan fingerprint density at radius 3 is 1.68 bits per heavy atom. The molecule has 0 saturated carbocycles. The van der Waals surface area contributed by atoms with E-state index in [-0.39, 0.29) is 6.04 Å². The normalized spacial score (nSPS) is 12.3. The molecule has 0 aliphatic carbocycles. The van der Waals surface area contributed by atoms with Crippen LogP contribution in [0.3, 0.4) is 0 Å². The van der Waals surface area contributed by atoms with E-state index >= 15 is 0 Å². The van der Waals surface area contributed by atoms with Crippen molar-refractivity contribution in [3.05, 3.63) is 71.8 Å². The zero-order chi connectivity index (χ0) is 13.5. The van der Waals surface area contributed by atoms with Crippen LogP contribution in [0.15, 0.2) is 60.7 Å². The molecule has 2 nitrogen and oxygen atoms in total. The van der Waals surface area contributed by atoms with E-state index in [1.165, 1.54) is 11.1 Å². The first-order chi connectivity index (χ1) is 9.29. The fourth-order valence-electron chi connectivity index (χ4n) is 2.07. The molecule has 0 aromatic heterocycles. The van der Waals surface area contributed by atoms with Crippen molar-refractivity contribution in [3.63, 3.8) is 0 Å². The van der Waals surface area contributed by atoms with Gasteiger partial charge in [0, 0.05) is 13.1 Å². The second-order valence-electron chi connectivity index (χ2n) is 4.75. The molecule has 2 aromatic rings. The van der Waals surface area contributed by atoms with Crippen molar-refractivity contribution in [1.82, 2.24) is 4.90 Å². The number of nitrogens with zero attached hydrogens (tertiary/aromatic N) is 1. The van der Waals surface area contributed by atoms with Gasteiger partial charge in [0.15, 0.2) is 0 Å². The van der Waals surface area contributed by atoms with Gasteiger partial charge in [-0.3, -0.25) is 4.90 Å². The highest BCUT2D eigenvalue weighted by molar-refractivity contribution is 5.56. The van der Waals surface area contributed by atoms with Crippen molar-refractivity contribution in [2.75, 3.05) is 0 Å². The molecule has 0 bridgehead atoms. The Kier molecular flexibility index (Phi) is 4.87. The van der Waals surface area contributed by atoms with Gasteiger partial charge in [0.1, 0.15) is 6.29 Å². The van der Waals surface area contributed by atoms with Crippen LogP contribution in [0.2, 0.25) is 0 Å². The van der Waals surface area contributed by atoms with Gasteiger partial charge in [-0.1, -0.05) is 60.7 Å². The lowest BCUT2D eigenvalue weighted by Gasteiger charge is -2.25. The van der Waals surface area contributed by atoms with E-state index in [1.54, 1.807) is 0 Å². The molecule has 2 heteroatoms. The predicted octanol–water partition coefficient (Wildman–Crippen LogP) is 3.28. The van der Waals surface area contributed by atoms with Crippen LogP contribution in [-0.4, -0.2) is 17.2 Å². The molecule has 1 unspecified atom stereocenters. The minimum atomic E-state index is -0.0830. The molecule has 0 heterocycles. The molecule has 0 fully saturated rings. The van der Waals surface area contributed by atoms with Gasteiger partial charge in [-0.05, 0) is 18.1 Å². The van der Waals surface area contributed by atoms with E-state index in [0.717, 1.165) is 19.4 Å². The summed E-state index contributed by atoms with van der Waals surface area (Å²) in [6, 6.07) is 20.4. The van der Waals surface area contributed by atoms with Crippen molar-refractivity contribution >= 4 is 6.29 Å². The summed E-state index contributed by atoms with van der Waals surface area (Å²) < 4.78 is 0. The fourth-order valence-corrected chi connectivity index (χ4v) is 2.07. The van der Waals surface area contributed by atoms with E-state index in [4.69, 9.17) is 0 Å². The Morgan fingerprint density at radius 2 is 1.32 bits per heavy atom. The van der Waals surface area contributed by atoms with Crippen LogP contribution in [-0.2, 0) is 17.9 Å². The van der Waals surface area contributed by atoms with Crippen LogP contribution in [0, 0.1) is 0 Å². The average Bonchev–Trinajstić information content (AvgIpc) is 2.48. The molecule has 19 heavy (non-hydrogen) atoms. The summed E-state index contributed by atoms with van der Waals surface area (Å²) in [6.07, 6.45) is 1.01. The lowest BCUT2D eigenvalue weighted by molar-refractivity contribution is -0.112. The van der Waals surface area contributed by atoms with Gasteiger partial charge in [-0.15, -0.1) is 0 Å². The van der Waals surface area contributed by atoms with E-state index in [2.05, 4.69) is 29.2 Å². The zero-order valence-corrected chi connectivity index (χ0v) is 11.2. The van der Waals surface area contributed by atoms with Gasteiger partial charge in [0.05, 0.1) is 6.04 Å². The van der Waals surface area contributed by atoms with E-state index < -0.39 is 0 Å². The van der Waals surface area contributed by atoms with Gasteiger partial charge in [0.2, 0.25) is 0 Å². The molecule has 1 atom stereocenters. The first-order valence-corrected chi connectivity index (χ1v) is 6.57. The summed E-state index contributed by atoms with van der Waals surface area (Å²) in [4.78, 5) is 13.3. The summed E-state index contributed by atoms with van der Waals surface area (Å²) in [6.45, 7) is 3.52.